The average Bonchev–Trinajstić information content (AvgIpc) is 3.10. The third-order valence-electron chi connectivity index (χ3n) is 7.33. The van der Waals surface area contributed by atoms with Crippen molar-refractivity contribution in [1.29, 1.82) is 0 Å². The number of carbonyl (C=O) groups is 1. The second kappa shape index (κ2) is 37.9. The van der Waals surface area contributed by atoms with E-state index in [1.807, 2.05) is 0 Å². The molecule has 8 nitrogen and oxygen atoms in total. The largest absolute Gasteiger partial charge is 0.472 e. The lowest BCUT2D eigenvalue weighted by molar-refractivity contribution is -0.154. The number of esters is 1. The van der Waals surface area contributed by atoms with Gasteiger partial charge in [-0.25, -0.2) is 4.57 Å². The molecule has 0 aliphatic rings. The summed E-state index contributed by atoms with van der Waals surface area (Å²) in [6, 6.07) is 0. The van der Waals surface area contributed by atoms with Crippen molar-refractivity contribution in [2.24, 2.45) is 5.73 Å². The second-order valence-corrected chi connectivity index (χ2v) is 13.5. The molecule has 2 atom stereocenters. The number of rotatable bonds is 35. The number of hydrogen-bond acceptors (Lipinski definition) is 7. The van der Waals surface area contributed by atoms with Gasteiger partial charge in [0.2, 0.25) is 0 Å². The highest BCUT2D eigenvalue weighted by Gasteiger charge is 2.25. The van der Waals surface area contributed by atoms with Crippen LogP contribution in [0.2, 0.25) is 0 Å². The van der Waals surface area contributed by atoms with E-state index in [1.54, 1.807) is 0 Å². The minimum Gasteiger partial charge on any atom is -0.457 e. The zero-order valence-corrected chi connectivity index (χ0v) is 32.2. The van der Waals surface area contributed by atoms with Crippen LogP contribution in [-0.2, 0) is 27.9 Å². The van der Waals surface area contributed by atoms with Crippen molar-refractivity contribution in [2.45, 2.75) is 136 Å². The lowest BCUT2D eigenvalue weighted by Crippen LogP contribution is -2.28. The third-order valence-corrected chi connectivity index (χ3v) is 8.31. The molecular weight excluding hydrogens is 649 g/mol. The average molecular weight is 720 g/mol. The summed E-state index contributed by atoms with van der Waals surface area (Å²) in [4.78, 5) is 22.3. The highest BCUT2D eigenvalue weighted by Crippen LogP contribution is 2.43. The Labute approximate surface area is 305 Å². The number of phosphoric ester groups is 1. The standard InChI is InChI=1S/C41H70NO7P/c1-3-5-7-9-11-13-14-15-16-17-18-19-20-21-22-23-24-25-26-27-28-30-32-34-41(43)49-40(39-48-50(44,45)47-37-35-42)38-46-36-33-31-29-12-10-8-6-4-2/h5,7,11,13,15-16,18-19,21-22,24-25,27-28,40H,3-4,6,8-10,12,14,17,20,23,26,29-39,42H2,1-2H3,(H,44,45)/b7-5-,13-11-,16-15-,19-18-,22-21-,25-24-,28-27-. The lowest BCUT2D eigenvalue weighted by atomic mass is 10.1. The van der Waals surface area contributed by atoms with E-state index in [1.165, 1.54) is 38.5 Å². The number of ether oxygens (including phenoxy) is 2. The van der Waals surface area contributed by atoms with Crippen LogP contribution >= 0.6 is 7.82 Å². The summed E-state index contributed by atoms with van der Waals surface area (Å²) < 4.78 is 33.1. The number of phosphoric acid groups is 1. The van der Waals surface area contributed by atoms with Gasteiger partial charge in [0.25, 0.3) is 0 Å². The van der Waals surface area contributed by atoms with Crippen LogP contribution in [-0.4, -0.2) is 49.9 Å². The number of allylic oxidation sites excluding steroid dienone is 14. The van der Waals surface area contributed by atoms with Gasteiger partial charge < -0.3 is 20.1 Å². The van der Waals surface area contributed by atoms with Crippen molar-refractivity contribution in [2.75, 3.05) is 33.0 Å². The fourth-order valence-corrected chi connectivity index (χ4v) is 5.34. The topological polar surface area (TPSA) is 117 Å². The van der Waals surface area contributed by atoms with Gasteiger partial charge in [-0.15, -0.1) is 0 Å². The van der Waals surface area contributed by atoms with Gasteiger partial charge in [0.15, 0.2) is 0 Å². The van der Waals surface area contributed by atoms with Crippen molar-refractivity contribution >= 4 is 13.8 Å². The van der Waals surface area contributed by atoms with E-state index in [0.717, 1.165) is 64.2 Å². The summed E-state index contributed by atoms with van der Waals surface area (Å²) >= 11 is 0. The summed E-state index contributed by atoms with van der Waals surface area (Å²) in [7, 11) is -4.29. The molecule has 0 heterocycles. The molecule has 0 aromatic carbocycles. The first-order valence-corrected chi connectivity index (χ1v) is 20.6. The zero-order chi connectivity index (χ0) is 36.6. The molecule has 0 saturated heterocycles. The second-order valence-electron chi connectivity index (χ2n) is 12.1. The van der Waals surface area contributed by atoms with Crippen molar-refractivity contribution in [3.63, 3.8) is 0 Å². The van der Waals surface area contributed by atoms with Crippen molar-refractivity contribution in [3.05, 3.63) is 85.1 Å². The number of hydrogen-bond donors (Lipinski definition) is 2. The highest BCUT2D eigenvalue weighted by molar-refractivity contribution is 7.47. The molecule has 0 aromatic rings. The first-order chi connectivity index (χ1) is 24.4. The van der Waals surface area contributed by atoms with Gasteiger partial charge in [0.1, 0.15) is 6.10 Å². The molecule has 0 bridgehead atoms. The quantitative estimate of drug-likeness (QED) is 0.0288. The van der Waals surface area contributed by atoms with Gasteiger partial charge in [-0.2, -0.15) is 0 Å². The van der Waals surface area contributed by atoms with E-state index < -0.39 is 19.9 Å². The summed E-state index contributed by atoms with van der Waals surface area (Å²) in [5, 5.41) is 0. The van der Waals surface area contributed by atoms with Crippen LogP contribution in [0.15, 0.2) is 85.1 Å². The van der Waals surface area contributed by atoms with Gasteiger partial charge >= 0.3 is 13.8 Å². The maximum absolute atomic E-state index is 12.5. The molecule has 0 aliphatic heterocycles. The highest BCUT2D eigenvalue weighted by atomic mass is 31.2. The van der Waals surface area contributed by atoms with E-state index >= 15 is 0 Å². The van der Waals surface area contributed by atoms with Gasteiger partial charge in [-0.05, 0) is 64.2 Å². The van der Waals surface area contributed by atoms with E-state index in [4.69, 9.17) is 24.3 Å². The minimum absolute atomic E-state index is 0.0872. The molecule has 0 saturated carbocycles. The van der Waals surface area contributed by atoms with Gasteiger partial charge in [-0.3, -0.25) is 13.8 Å². The molecule has 0 rings (SSSR count). The van der Waals surface area contributed by atoms with E-state index in [0.29, 0.717) is 13.0 Å². The normalized spacial score (nSPS) is 14.6. The van der Waals surface area contributed by atoms with Crippen LogP contribution in [0, 0.1) is 0 Å². The molecular formula is C41H70NO7P. The number of nitrogens with two attached hydrogens (primary N) is 1. The van der Waals surface area contributed by atoms with E-state index in [-0.39, 0.29) is 32.8 Å². The van der Waals surface area contributed by atoms with Crippen LogP contribution in [0.3, 0.4) is 0 Å². The summed E-state index contributed by atoms with van der Waals surface area (Å²) in [6.07, 6.45) is 47.6. The predicted molar refractivity (Wildman–Crippen MR) is 210 cm³/mol. The maximum atomic E-state index is 12.5. The fraction of sp³-hybridized carbons (Fsp3) is 0.634. The monoisotopic (exact) mass is 719 g/mol. The summed E-state index contributed by atoms with van der Waals surface area (Å²) in [5.74, 6) is -0.393. The molecule has 0 radical (unpaired) electrons. The van der Waals surface area contributed by atoms with Crippen molar-refractivity contribution < 1.29 is 32.8 Å². The molecule has 50 heavy (non-hydrogen) atoms. The third kappa shape index (κ3) is 36.9. The zero-order valence-electron chi connectivity index (χ0n) is 31.3. The Kier molecular flexibility index (Phi) is 36.2. The summed E-state index contributed by atoms with van der Waals surface area (Å²) in [6.45, 7) is 4.67. The van der Waals surface area contributed by atoms with Crippen LogP contribution in [0.5, 0.6) is 0 Å². The first kappa shape index (κ1) is 47.7. The Hall–Kier alpha value is -2.32. The van der Waals surface area contributed by atoms with Crippen LogP contribution in [0.1, 0.15) is 129 Å². The predicted octanol–water partition coefficient (Wildman–Crippen LogP) is 11.0. The van der Waals surface area contributed by atoms with Crippen molar-refractivity contribution in [3.8, 4) is 0 Å². The molecule has 286 valence electrons. The Morgan fingerprint density at radius 2 is 1.10 bits per heavy atom. The first-order valence-electron chi connectivity index (χ1n) is 19.1. The van der Waals surface area contributed by atoms with Gasteiger partial charge in [0.05, 0.1) is 19.8 Å². The Morgan fingerprint density at radius 3 is 1.60 bits per heavy atom. The molecule has 0 aromatic heterocycles. The molecule has 3 N–H and O–H groups in total. The molecule has 0 fully saturated rings. The molecule has 0 aliphatic carbocycles. The SMILES string of the molecule is CC/C=C\C/C=C\C/C=C\C/C=C\C/C=C\C/C=C\C/C=C\CCCC(=O)OC(COCCCCCCCCCC)COP(=O)(O)OCCN. The number of carbonyl (C=O) groups excluding carboxylic acids is 1. The molecule has 0 spiro atoms. The van der Waals surface area contributed by atoms with Gasteiger partial charge in [0, 0.05) is 19.6 Å². The maximum Gasteiger partial charge on any atom is 0.472 e. The van der Waals surface area contributed by atoms with E-state index in [9.17, 15) is 14.3 Å². The van der Waals surface area contributed by atoms with Crippen LogP contribution in [0.4, 0.5) is 0 Å². The van der Waals surface area contributed by atoms with E-state index in [2.05, 4.69) is 98.9 Å². The van der Waals surface area contributed by atoms with Crippen LogP contribution < -0.4 is 5.73 Å². The molecule has 2 unspecified atom stereocenters. The molecule has 9 heteroatoms. The Morgan fingerprint density at radius 1 is 0.620 bits per heavy atom. The lowest BCUT2D eigenvalue weighted by Gasteiger charge is -2.20. The minimum atomic E-state index is -4.29. The Balaban J connectivity index is 4.18. The van der Waals surface area contributed by atoms with Crippen molar-refractivity contribution in [1.82, 2.24) is 0 Å². The summed E-state index contributed by atoms with van der Waals surface area (Å²) in [5.41, 5.74) is 5.34. The molecule has 0 amide bonds. The fourth-order valence-electron chi connectivity index (χ4n) is 4.57. The van der Waals surface area contributed by atoms with Crippen LogP contribution in [0.25, 0.3) is 0 Å². The Bertz CT molecular complexity index is 1030. The number of unbranched alkanes of at least 4 members (excludes halogenated alkanes) is 8. The van der Waals surface area contributed by atoms with Gasteiger partial charge in [-0.1, -0.05) is 144 Å². The smallest absolute Gasteiger partial charge is 0.457 e.